The molecule has 1 aliphatic carbocycles. The minimum atomic E-state index is -4.50. The zero-order valence-electron chi connectivity index (χ0n) is 21.8. The van der Waals surface area contributed by atoms with Crippen molar-refractivity contribution in [3.63, 3.8) is 0 Å². The van der Waals surface area contributed by atoms with Crippen LogP contribution >= 0.6 is 11.6 Å². The number of nitrogens with zero attached hydrogens (tertiary/aromatic N) is 1. The Balaban J connectivity index is 1.94. The Morgan fingerprint density at radius 1 is 1.16 bits per heavy atom. The van der Waals surface area contributed by atoms with Crippen LogP contribution in [0.4, 0.5) is 13.2 Å². The highest BCUT2D eigenvalue weighted by molar-refractivity contribution is 6.43. The van der Waals surface area contributed by atoms with Gasteiger partial charge in [-0.15, -0.1) is 0 Å². The van der Waals surface area contributed by atoms with E-state index in [0.717, 1.165) is 44.2 Å². The summed E-state index contributed by atoms with van der Waals surface area (Å²) in [6.07, 6.45) is 1.75. The fraction of sp³-hybridized carbons (Fsp3) is 0.500. The molecule has 3 atom stereocenters. The third-order valence-corrected chi connectivity index (χ3v) is 7.63. The van der Waals surface area contributed by atoms with Crippen LogP contribution < -0.4 is 10.6 Å². The molecule has 0 spiro atoms. The van der Waals surface area contributed by atoms with Crippen molar-refractivity contribution in [2.45, 2.75) is 76.6 Å². The molecule has 0 aliphatic heterocycles. The number of halogens is 4. The lowest BCUT2D eigenvalue weighted by Crippen LogP contribution is -2.53. The Morgan fingerprint density at radius 3 is 2.45 bits per heavy atom. The van der Waals surface area contributed by atoms with E-state index in [4.69, 9.17) is 17.0 Å². The molecule has 3 rings (SSSR count). The second-order valence-electron chi connectivity index (χ2n) is 9.82. The quantitative estimate of drug-likeness (QED) is 0.243. The molecule has 1 amide bonds. The third-order valence-electron chi connectivity index (χ3n) is 7.31. The summed E-state index contributed by atoms with van der Waals surface area (Å²) in [6, 6.07) is 5.14. The van der Waals surface area contributed by atoms with E-state index in [2.05, 4.69) is 15.6 Å². The van der Waals surface area contributed by atoms with Crippen LogP contribution in [0.25, 0.3) is 11.1 Å². The SMILES string of the molecule is CCC(C(=N)C(=O)C(NC(=O)C(C)NC)C1CCCCC1)c1cc(-c2cccc(C(F)(F)F)c2)cnc1Cl. The number of rotatable bonds is 10. The van der Waals surface area contributed by atoms with Crippen molar-refractivity contribution in [1.29, 1.82) is 5.41 Å². The number of pyridine rings is 1. The van der Waals surface area contributed by atoms with Gasteiger partial charge < -0.3 is 16.0 Å². The zero-order valence-corrected chi connectivity index (χ0v) is 22.5. The molecular formula is C28H34ClF3N4O2. The summed E-state index contributed by atoms with van der Waals surface area (Å²) < 4.78 is 39.8. The minimum Gasteiger partial charge on any atom is -0.344 e. The molecule has 1 aromatic carbocycles. The number of hydrogen-bond donors (Lipinski definition) is 3. The summed E-state index contributed by atoms with van der Waals surface area (Å²) in [6.45, 7) is 3.50. The largest absolute Gasteiger partial charge is 0.416 e. The number of benzene rings is 1. The number of nitrogens with one attached hydrogen (secondary N) is 3. The summed E-state index contributed by atoms with van der Waals surface area (Å²) in [4.78, 5) is 30.6. The first-order chi connectivity index (χ1) is 18.0. The first-order valence-electron chi connectivity index (χ1n) is 12.9. The molecule has 3 N–H and O–H groups in total. The Bertz CT molecular complexity index is 1170. The number of amides is 1. The molecule has 38 heavy (non-hydrogen) atoms. The molecule has 1 aromatic heterocycles. The fourth-order valence-corrected chi connectivity index (χ4v) is 5.17. The van der Waals surface area contributed by atoms with E-state index in [1.54, 1.807) is 33.0 Å². The topological polar surface area (TPSA) is 94.9 Å². The van der Waals surface area contributed by atoms with E-state index in [9.17, 15) is 22.8 Å². The number of likely N-dealkylation sites (N-methyl/N-ethyl adjacent to an activating group) is 1. The van der Waals surface area contributed by atoms with Gasteiger partial charge in [0.1, 0.15) is 5.15 Å². The smallest absolute Gasteiger partial charge is 0.344 e. The van der Waals surface area contributed by atoms with Gasteiger partial charge in [-0.2, -0.15) is 13.2 Å². The van der Waals surface area contributed by atoms with Gasteiger partial charge in [-0.3, -0.25) is 9.59 Å². The van der Waals surface area contributed by atoms with Gasteiger partial charge in [0.15, 0.2) is 5.78 Å². The average Bonchev–Trinajstić information content (AvgIpc) is 2.92. The van der Waals surface area contributed by atoms with Gasteiger partial charge in [-0.25, -0.2) is 4.98 Å². The van der Waals surface area contributed by atoms with E-state index in [1.165, 1.54) is 12.3 Å². The Kier molecular flexibility index (Phi) is 10.1. The highest BCUT2D eigenvalue weighted by Gasteiger charge is 2.36. The van der Waals surface area contributed by atoms with E-state index in [0.29, 0.717) is 23.1 Å². The predicted octanol–water partition coefficient (Wildman–Crippen LogP) is 6.18. The number of carbonyl (C=O) groups excluding carboxylic acids is 2. The predicted molar refractivity (Wildman–Crippen MR) is 142 cm³/mol. The number of alkyl halides is 3. The van der Waals surface area contributed by atoms with Gasteiger partial charge in [0.25, 0.3) is 0 Å². The van der Waals surface area contributed by atoms with Gasteiger partial charge in [-0.1, -0.05) is 49.9 Å². The number of carbonyl (C=O) groups is 2. The fourth-order valence-electron chi connectivity index (χ4n) is 4.94. The molecule has 2 aromatic rings. The van der Waals surface area contributed by atoms with Crippen LogP contribution in [-0.4, -0.2) is 41.5 Å². The molecule has 1 heterocycles. The van der Waals surface area contributed by atoms with Gasteiger partial charge in [0, 0.05) is 17.7 Å². The van der Waals surface area contributed by atoms with Crippen molar-refractivity contribution in [2.24, 2.45) is 5.92 Å². The Hall–Kier alpha value is -2.78. The lowest BCUT2D eigenvalue weighted by atomic mass is 9.78. The average molecular weight is 551 g/mol. The van der Waals surface area contributed by atoms with Crippen molar-refractivity contribution in [1.82, 2.24) is 15.6 Å². The summed E-state index contributed by atoms with van der Waals surface area (Å²) in [5.74, 6) is -1.60. The van der Waals surface area contributed by atoms with Crippen LogP contribution in [-0.2, 0) is 15.8 Å². The van der Waals surface area contributed by atoms with Crippen LogP contribution in [0.1, 0.15) is 69.4 Å². The monoisotopic (exact) mass is 550 g/mol. The molecule has 0 bridgehead atoms. The molecule has 6 nitrogen and oxygen atoms in total. The van der Waals surface area contributed by atoms with E-state index in [1.807, 2.05) is 0 Å². The van der Waals surface area contributed by atoms with Crippen molar-refractivity contribution >= 4 is 29.0 Å². The highest BCUT2D eigenvalue weighted by Crippen LogP contribution is 2.35. The summed E-state index contributed by atoms with van der Waals surface area (Å²) in [7, 11) is 1.66. The third kappa shape index (κ3) is 6.99. The second-order valence-corrected chi connectivity index (χ2v) is 10.2. The van der Waals surface area contributed by atoms with Gasteiger partial charge in [-0.05, 0) is 68.5 Å². The minimum absolute atomic E-state index is 0.0761. The lowest BCUT2D eigenvalue weighted by Gasteiger charge is -2.32. The molecule has 1 fully saturated rings. The number of Topliss-reactive ketones (excluding diaryl/α,β-unsaturated/α-hetero) is 1. The van der Waals surface area contributed by atoms with Crippen molar-refractivity contribution in [3.8, 4) is 11.1 Å². The Morgan fingerprint density at radius 2 is 1.84 bits per heavy atom. The summed E-state index contributed by atoms with van der Waals surface area (Å²) >= 11 is 6.41. The highest BCUT2D eigenvalue weighted by atomic mass is 35.5. The lowest BCUT2D eigenvalue weighted by molar-refractivity contribution is -0.137. The summed E-state index contributed by atoms with van der Waals surface area (Å²) in [5, 5.41) is 14.7. The molecule has 10 heteroatoms. The molecular weight excluding hydrogens is 517 g/mol. The van der Waals surface area contributed by atoms with Crippen molar-refractivity contribution in [2.75, 3.05) is 7.05 Å². The number of hydrogen-bond acceptors (Lipinski definition) is 5. The molecule has 3 unspecified atom stereocenters. The van der Waals surface area contributed by atoms with E-state index >= 15 is 0 Å². The van der Waals surface area contributed by atoms with Crippen LogP contribution in [0, 0.1) is 11.3 Å². The Labute approximate surface area is 226 Å². The van der Waals surface area contributed by atoms with Crippen LogP contribution in [0.3, 0.4) is 0 Å². The van der Waals surface area contributed by atoms with Gasteiger partial charge in [0.2, 0.25) is 5.91 Å². The maximum atomic E-state index is 13.7. The molecule has 206 valence electrons. The second kappa shape index (κ2) is 12.8. The maximum absolute atomic E-state index is 13.7. The van der Waals surface area contributed by atoms with Crippen LogP contribution in [0.15, 0.2) is 36.5 Å². The normalized spacial score (nSPS) is 16.9. The number of aromatic nitrogens is 1. The molecule has 1 saturated carbocycles. The van der Waals surface area contributed by atoms with Gasteiger partial charge >= 0.3 is 6.18 Å². The first kappa shape index (κ1) is 29.8. The van der Waals surface area contributed by atoms with Crippen molar-refractivity contribution in [3.05, 3.63) is 52.8 Å². The first-order valence-corrected chi connectivity index (χ1v) is 13.3. The molecule has 1 aliphatic rings. The van der Waals surface area contributed by atoms with Crippen molar-refractivity contribution < 1.29 is 22.8 Å². The summed E-state index contributed by atoms with van der Waals surface area (Å²) in [5.41, 5.74) is 0.0916. The maximum Gasteiger partial charge on any atom is 0.416 e. The number of ketones is 1. The van der Waals surface area contributed by atoms with E-state index in [-0.39, 0.29) is 22.7 Å². The van der Waals surface area contributed by atoms with Gasteiger partial charge in [0.05, 0.1) is 23.4 Å². The molecule has 0 radical (unpaired) electrons. The zero-order chi connectivity index (χ0) is 28.0. The standard InChI is InChI=1S/C28H34ClF3N4O2/c1-4-21(22-14-19(15-35-26(22)29)18-11-8-12-20(13-18)28(30,31)32)23(33)25(37)24(17-9-6-5-7-10-17)36-27(38)16(2)34-3/h8,11-17,21,24,33-34H,4-7,9-10H2,1-3H3,(H,36,38). The van der Waals surface area contributed by atoms with Crippen LogP contribution in [0.5, 0.6) is 0 Å². The molecule has 0 saturated heterocycles. The van der Waals surface area contributed by atoms with Crippen LogP contribution in [0.2, 0.25) is 5.15 Å². The van der Waals surface area contributed by atoms with E-state index < -0.39 is 35.5 Å².